The molecule has 2 fully saturated rings. The summed E-state index contributed by atoms with van der Waals surface area (Å²) in [6, 6.07) is 0. The second-order valence-corrected chi connectivity index (χ2v) is 4.70. The number of aromatic nitrogens is 2. The Morgan fingerprint density at radius 2 is 2.19 bits per heavy atom. The molecule has 1 aromatic heterocycles. The summed E-state index contributed by atoms with van der Waals surface area (Å²) in [5.41, 5.74) is 0. The van der Waals surface area contributed by atoms with E-state index in [4.69, 9.17) is 4.42 Å². The first-order valence-electron chi connectivity index (χ1n) is 5.83. The third-order valence-corrected chi connectivity index (χ3v) is 3.32. The van der Waals surface area contributed by atoms with E-state index in [0.717, 1.165) is 32.4 Å². The van der Waals surface area contributed by atoms with E-state index in [0.29, 0.717) is 23.6 Å². The molecule has 16 heavy (non-hydrogen) atoms. The Balaban J connectivity index is 1.66. The van der Waals surface area contributed by atoms with Gasteiger partial charge < -0.3 is 9.32 Å². The van der Waals surface area contributed by atoms with E-state index < -0.39 is 0 Å². The molecule has 0 N–H and O–H groups in total. The highest BCUT2D eigenvalue weighted by atomic mass is 16.4. The normalized spacial score (nSPS) is 25.1. The van der Waals surface area contributed by atoms with Crippen molar-refractivity contribution in [2.75, 3.05) is 13.1 Å². The van der Waals surface area contributed by atoms with Crippen molar-refractivity contribution in [3.63, 3.8) is 0 Å². The Hall–Kier alpha value is -1.39. The lowest BCUT2D eigenvalue weighted by Gasteiger charge is -2.14. The van der Waals surface area contributed by atoms with Crippen LogP contribution in [0.3, 0.4) is 0 Å². The predicted molar refractivity (Wildman–Crippen MR) is 55.7 cm³/mol. The van der Waals surface area contributed by atoms with Crippen LogP contribution in [0, 0.1) is 12.8 Å². The number of likely N-dealkylation sites (tertiary alicyclic amines) is 1. The standard InChI is InChI=1S/C11H15N3O2/c1-7-12-13-10(16-7)9-4-5-14(6-9)11(15)8-2-3-8/h8-9H,2-6H2,1H3. The molecular formula is C11H15N3O2. The van der Waals surface area contributed by atoms with Crippen molar-refractivity contribution in [3.8, 4) is 0 Å². The molecule has 1 unspecified atom stereocenters. The third kappa shape index (κ3) is 1.70. The van der Waals surface area contributed by atoms with Crippen molar-refractivity contribution in [2.24, 2.45) is 5.92 Å². The fraction of sp³-hybridized carbons (Fsp3) is 0.727. The van der Waals surface area contributed by atoms with Gasteiger partial charge in [-0.15, -0.1) is 10.2 Å². The van der Waals surface area contributed by atoms with Gasteiger partial charge in [-0.2, -0.15) is 0 Å². The van der Waals surface area contributed by atoms with Crippen LogP contribution in [0.15, 0.2) is 4.42 Å². The van der Waals surface area contributed by atoms with Gasteiger partial charge in [-0.1, -0.05) is 0 Å². The van der Waals surface area contributed by atoms with E-state index in [9.17, 15) is 4.79 Å². The van der Waals surface area contributed by atoms with Crippen LogP contribution in [-0.4, -0.2) is 34.1 Å². The van der Waals surface area contributed by atoms with E-state index in [2.05, 4.69) is 10.2 Å². The SMILES string of the molecule is Cc1nnc(C2CCN(C(=O)C3CC3)C2)o1. The van der Waals surface area contributed by atoms with Gasteiger partial charge in [0.2, 0.25) is 17.7 Å². The van der Waals surface area contributed by atoms with Crippen molar-refractivity contribution >= 4 is 5.91 Å². The Kier molecular flexibility index (Phi) is 2.19. The molecular weight excluding hydrogens is 206 g/mol. The Labute approximate surface area is 93.8 Å². The predicted octanol–water partition coefficient (Wildman–Crippen LogP) is 1.10. The van der Waals surface area contributed by atoms with Crippen LogP contribution in [0.5, 0.6) is 0 Å². The summed E-state index contributed by atoms with van der Waals surface area (Å²) < 4.78 is 5.41. The zero-order valence-electron chi connectivity index (χ0n) is 9.35. The first-order chi connectivity index (χ1) is 7.74. The molecule has 1 amide bonds. The molecule has 1 atom stereocenters. The molecule has 1 aromatic rings. The first-order valence-corrected chi connectivity index (χ1v) is 5.83. The number of nitrogens with zero attached hydrogens (tertiary/aromatic N) is 3. The molecule has 0 spiro atoms. The molecule has 2 aliphatic rings. The van der Waals surface area contributed by atoms with E-state index >= 15 is 0 Å². The summed E-state index contributed by atoms with van der Waals surface area (Å²) in [7, 11) is 0. The number of carbonyl (C=O) groups excluding carboxylic acids is 1. The monoisotopic (exact) mass is 221 g/mol. The minimum absolute atomic E-state index is 0.240. The molecule has 0 aromatic carbocycles. The fourth-order valence-electron chi connectivity index (χ4n) is 2.23. The molecule has 0 radical (unpaired) electrons. The highest BCUT2D eigenvalue weighted by Gasteiger charge is 2.38. The van der Waals surface area contributed by atoms with Gasteiger partial charge in [0.05, 0.1) is 5.92 Å². The fourth-order valence-corrected chi connectivity index (χ4v) is 2.23. The Morgan fingerprint density at radius 3 is 2.81 bits per heavy atom. The van der Waals surface area contributed by atoms with Gasteiger partial charge in [-0.25, -0.2) is 0 Å². The quantitative estimate of drug-likeness (QED) is 0.750. The molecule has 5 heteroatoms. The highest BCUT2D eigenvalue weighted by Crippen LogP contribution is 2.34. The summed E-state index contributed by atoms with van der Waals surface area (Å²) in [5, 5.41) is 7.86. The molecule has 1 saturated heterocycles. The molecule has 3 rings (SSSR count). The topological polar surface area (TPSA) is 59.2 Å². The van der Waals surface area contributed by atoms with E-state index in [-0.39, 0.29) is 5.92 Å². The second kappa shape index (κ2) is 3.57. The minimum Gasteiger partial charge on any atom is -0.425 e. The number of hydrogen-bond acceptors (Lipinski definition) is 4. The zero-order valence-corrected chi connectivity index (χ0v) is 9.35. The van der Waals surface area contributed by atoms with E-state index in [1.54, 1.807) is 6.92 Å². The van der Waals surface area contributed by atoms with Crippen LogP contribution in [0.1, 0.15) is 37.0 Å². The number of carbonyl (C=O) groups is 1. The molecule has 2 heterocycles. The highest BCUT2D eigenvalue weighted by molar-refractivity contribution is 5.81. The summed E-state index contributed by atoms with van der Waals surface area (Å²) in [5.74, 6) is 2.15. The number of rotatable bonds is 2. The summed E-state index contributed by atoms with van der Waals surface area (Å²) in [4.78, 5) is 13.8. The average molecular weight is 221 g/mol. The second-order valence-electron chi connectivity index (χ2n) is 4.70. The smallest absolute Gasteiger partial charge is 0.225 e. The minimum atomic E-state index is 0.240. The number of amides is 1. The van der Waals surface area contributed by atoms with Gasteiger partial charge >= 0.3 is 0 Å². The number of hydrogen-bond donors (Lipinski definition) is 0. The van der Waals surface area contributed by atoms with Gasteiger partial charge in [0.25, 0.3) is 0 Å². The summed E-state index contributed by atoms with van der Waals surface area (Å²) >= 11 is 0. The molecule has 5 nitrogen and oxygen atoms in total. The van der Waals surface area contributed by atoms with E-state index in [1.165, 1.54) is 0 Å². The van der Waals surface area contributed by atoms with Gasteiger partial charge in [-0.05, 0) is 19.3 Å². The van der Waals surface area contributed by atoms with Crippen molar-refractivity contribution in [3.05, 3.63) is 11.8 Å². The zero-order chi connectivity index (χ0) is 11.1. The molecule has 1 saturated carbocycles. The van der Waals surface area contributed by atoms with Crippen molar-refractivity contribution < 1.29 is 9.21 Å². The van der Waals surface area contributed by atoms with Crippen LogP contribution in [0.25, 0.3) is 0 Å². The average Bonchev–Trinajstić information content (AvgIpc) is 2.84. The third-order valence-electron chi connectivity index (χ3n) is 3.32. The first kappa shape index (κ1) is 9.81. The summed E-state index contributed by atoms with van der Waals surface area (Å²) in [6.07, 6.45) is 3.08. The Bertz CT molecular complexity index is 411. The van der Waals surface area contributed by atoms with Gasteiger partial charge in [-0.3, -0.25) is 4.79 Å². The molecule has 1 aliphatic carbocycles. The maximum atomic E-state index is 11.8. The lowest BCUT2D eigenvalue weighted by atomic mass is 10.1. The van der Waals surface area contributed by atoms with Crippen molar-refractivity contribution in [1.82, 2.24) is 15.1 Å². The van der Waals surface area contributed by atoms with Gasteiger partial charge in [0.1, 0.15) is 0 Å². The summed E-state index contributed by atoms with van der Waals surface area (Å²) in [6.45, 7) is 3.37. The van der Waals surface area contributed by atoms with Crippen LogP contribution in [0.4, 0.5) is 0 Å². The van der Waals surface area contributed by atoms with Crippen LogP contribution < -0.4 is 0 Å². The largest absolute Gasteiger partial charge is 0.425 e. The van der Waals surface area contributed by atoms with Gasteiger partial charge in [0, 0.05) is 25.9 Å². The van der Waals surface area contributed by atoms with Crippen molar-refractivity contribution in [2.45, 2.75) is 32.1 Å². The molecule has 0 bridgehead atoms. The maximum absolute atomic E-state index is 11.8. The van der Waals surface area contributed by atoms with Crippen LogP contribution in [0.2, 0.25) is 0 Å². The van der Waals surface area contributed by atoms with Gasteiger partial charge in [0.15, 0.2) is 0 Å². The van der Waals surface area contributed by atoms with Crippen LogP contribution in [-0.2, 0) is 4.79 Å². The lowest BCUT2D eigenvalue weighted by Crippen LogP contribution is -2.29. The lowest BCUT2D eigenvalue weighted by molar-refractivity contribution is -0.131. The molecule has 86 valence electrons. The maximum Gasteiger partial charge on any atom is 0.225 e. The van der Waals surface area contributed by atoms with Crippen LogP contribution >= 0.6 is 0 Å². The van der Waals surface area contributed by atoms with Crippen molar-refractivity contribution in [1.29, 1.82) is 0 Å². The van der Waals surface area contributed by atoms with E-state index in [1.807, 2.05) is 4.90 Å². The Morgan fingerprint density at radius 1 is 1.38 bits per heavy atom. The number of aryl methyl sites for hydroxylation is 1. The molecule has 1 aliphatic heterocycles.